The summed E-state index contributed by atoms with van der Waals surface area (Å²) < 4.78 is 164. The first-order chi connectivity index (χ1) is 57.8. The quantitative estimate of drug-likeness (QED) is 0.149. The van der Waals surface area contributed by atoms with Crippen LogP contribution < -0.4 is 0 Å². The number of furan rings is 2. The second-order valence-corrected chi connectivity index (χ2v) is 25.9. The van der Waals surface area contributed by atoms with Crippen molar-refractivity contribution in [3.63, 3.8) is 0 Å². The average molecular weight is 1320 g/mol. The summed E-state index contributed by atoms with van der Waals surface area (Å²) in [5.74, 6) is 0. The normalized spacial score (nSPS) is 14.1. The number of para-hydroxylation sites is 3. The number of rotatable bonds is 7. The van der Waals surface area contributed by atoms with Gasteiger partial charge in [0.25, 0.3) is 0 Å². The van der Waals surface area contributed by atoms with Gasteiger partial charge in [0.05, 0.1) is 38.7 Å². The van der Waals surface area contributed by atoms with E-state index in [9.17, 15) is 11.0 Å². The van der Waals surface area contributed by atoms with E-state index in [2.05, 4.69) is 59.2 Å². The predicted molar refractivity (Wildman–Crippen MR) is 437 cm³/mol. The van der Waals surface area contributed by atoms with Crippen molar-refractivity contribution in [2.75, 3.05) is 0 Å². The summed E-state index contributed by atoms with van der Waals surface area (Å²) in [5.41, 5.74) is 12.1. The largest absolute Gasteiger partial charge is 0.455 e. The highest BCUT2D eigenvalue weighted by Gasteiger charge is 2.27. The van der Waals surface area contributed by atoms with Crippen molar-refractivity contribution in [1.29, 1.82) is 0 Å². The lowest BCUT2D eigenvalue weighted by atomic mass is 9.83. The van der Waals surface area contributed by atoms with Crippen LogP contribution in [0.15, 0.2) is 378 Å². The van der Waals surface area contributed by atoms with Crippen LogP contribution in [0.3, 0.4) is 0 Å². The Morgan fingerprint density at radius 2 is 0.592 bits per heavy atom. The van der Waals surface area contributed by atoms with Gasteiger partial charge in [-0.2, -0.15) is 0 Å². The topological polar surface area (TPSA) is 31.2 Å². The first-order valence-electron chi connectivity index (χ1n) is 42.2. The zero-order chi connectivity index (χ0) is 81.6. The molecule has 0 saturated heterocycles. The molecular formula is C100H61NO2. The molecule has 0 bridgehead atoms. The highest BCUT2D eigenvalue weighted by Crippen LogP contribution is 2.53. The Labute approximate surface area is 615 Å². The molecule has 22 aromatic rings. The zero-order valence-electron chi connectivity index (χ0n) is 70.7. The fourth-order valence-corrected chi connectivity index (χ4v) is 16.2. The first kappa shape index (κ1) is 44.4. The van der Waals surface area contributed by atoms with E-state index in [4.69, 9.17) is 19.8 Å². The third-order valence-electron chi connectivity index (χ3n) is 20.5. The van der Waals surface area contributed by atoms with E-state index in [1.54, 1.807) is 0 Å². The standard InChI is InChI=1S/C52H31NO.C48H30O/c1-2-16-34-31-47-44(30-33(34)15-1)36-19-9-11-26-45(36)53(47)46-29-28-43(51-42-24-10-12-27-48(42)54-52(46)51)50-40-22-7-5-20-38(40)49(39-21-6-8-23-41(39)50)37-25-13-17-32-14-3-4-18-35(32)37;1-2-15-31(16-3-1)33-19-6-7-21-35(33)41-29-30-43(47-42-26-12-13-28-44(42)49-48(41)47)46-39-24-10-8-22-37(39)45(38-23-9-11-25-40(38)46)36-27-14-18-32-17-4-5-20-34(32)36/h1-31H;1-30H/i5D,6D,7D,8D,20D,21D,22D,23D;8D,9D,10D,11D,22D,23D,24D,25D. The number of benzene rings is 19. The van der Waals surface area contributed by atoms with Gasteiger partial charge in [-0.05, 0) is 179 Å². The Hall–Kier alpha value is -13.6. The van der Waals surface area contributed by atoms with Gasteiger partial charge in [-0.1, -0.05) is 327 Å². The van der Waals surface area contributed by atoms with Gasteiger partial charge in [-0.15, -0.1) is 0 Å². The third-order valence-corrected chi connectivity index (χ3v) is 20.5. The summed E-state index contributed by atoms with van der Waals surface area (Å²) in [5, 5.41) is 11.7. The highest BCUT2D eigenvalue weighted by atomic mass is 16.3. The van der Waals surface area contributed by atoms with E-state index < -0.39 is 48.3 Å². The summed E-state index contributed by atoms with van der Waals surface area (Å²) in [4.78, 5) is 0. The molecule has 0 aliphatic carbocycles. The van der Waals surface area contributed by atoms with Crippen LogP contribution in [-0.4, -0.2) is 4.57 Å². The van der Waals surface area contributed by atoms with Crippen LogP contribution in [0, 0.1) is 0 Å². The third kappa shape index (κ3) is 9.09. The molecule has 3 nitrogen and oxygen atoms in total. The van der Waals surface area contributed by atoms with Crippen LogP contribution in [0.25, 0.3) is 214 Å². The maximum atomic E-state index is 9.66. The van der Waals surface area contributed by atoms with Crippen molar-refractivity contribution >= 4 is 141 Å². The van der Waals surface area contributed by atoms with E-state index in [0.717, 1.165) is 92.8 Å². The van der Waals surface area contributed by atoms with Crippen molar-refractivity contribution in [3.8, 4) is 72.4 Å². The smallest absolute Gasteiger partial charge is 0.160 e. The Morgan fingerprint density at radius 3 is 1.13 bits per heavy atom. The van der Waals surface area contributed by atoms with Gasteiger partial charge in [0.2, 0.25) is 0 Å². The van der Waals surface area contributed by atoms with Crippen molar-refractivity contribution < 1.29 is 30.8 Å². The molecule has 103 heavy (non-hydrogen) atoms. The number of hydrogen-bond donors (Lipinski definition) is 0. The molecule has 3 aromatic heterocycles. The van der Waals surface area contributed by atoms with Crippen LogP contribution in [0.5, 0.6) is 0 Å². The molecule has 0 N–H and O–H groups in total. The zero-order valence-corrected chi connectivity index (χ0v) is 54.7. The molecule has 478 valence electrons. The Balaban J connectivity index is 0.000000148. The summed E-state index contributed by atoms with van der Waals surface area (Å²) in [7, 11) is 0. The SMILES string of the molecule is [2H]c1c([2H])c([2H])c2c(-c3ccc(-c4ccccc4-c4ccccc4)c4oc5ccccc5c34)c3c([2H])c([2H])c([2H])c([2H])c3c(-c3cccc4ccccc34)c2c1[2H].[2H]c1c([2H])c([2H])c2c(-c3ccc(-n4c5ccccc5c5cc6ccccc6cc54)c4oc5ccccc5c34)c3c([2H])c([2H])c([2H])c([2H])c3c(-c3cccc4ccccc34)c2c1[2H]. The summed E-state index contributed by atoms with van der Waals surface area (Å²) >= 11 is 0. The summed E-state index contributed by atoms with van der Waals surface area (Å²) in [6.45, 7) is 0. The minimum Gasteiger partial charge on any atom is -0.455 e. The maximum Gasteiger partial charge on any atom is 0.160 e. The minimum atomic E-state index is -0.449. The van der Waals surface area contributed by atoms with Crippen molar-refractivity contribution in [2.24, 2.45) is 0 Å². The van der Waals surface area contributed by atoms with Crippen molar-refractivity contribution in [3.05, 3.63) is 370 Å². The molecule has 19 aromatic carbocycles. The van der Waals surface area contributed by atoms with Gasteiger partial charge in [0.15, 0.2) is 5.58 Å². The number of aromatic nitrogens is 1. The molecule has 0 unspecified atom stereocenters. The Kier molecular flexibility index (Phi) is 10.1. The molecular weight excluding hydrogens is 1250 g/mol. The van der Waals surface area contributed by atoms with E-state index in [-0.39, 0.29) is 103 Å². The Bertz CT molecular complexity index is 8100. The van der Waals surface area contributed by atoms with E-state index in [1.807, 2.05) is 218 Å². The Morgan fingerprint density at radius 1 is 0.223 bits per heavy atom. The molecule has 0 atom stereocenters. The van der Waals surface area contributed by atoms with E-state index in [1.165, 1.54) is 0 Å². The van der Waals surface area contributed by atoms with Crippen molar-refractivity contribution in [2.45, 2.75) is 0 Å². The number of hydrogen-bond acceptors (Lipinski definition) is 2. The average Bonchev–Trinajstić information content (AvgIpc) is 1.54. The molecule has 0 fully saturated rings. The van der Waals surface area contributed by atoms with Gasteiger partial charge in [0, 0.05) is 37.9 Å². The van der Waals surface area contributed by atoms with Crippen LogP contribution in [0.1, 0.15) is 21.9 Å². The maximum absolute atomic E-state index is 9.66. The monoisotopic (exact) mass is 1320 g/mol. The molecule has 3 heterocycles. The summed E-state index contributed by atoms with van der Waals surface area (Å²) in [6, 6.07) is 82.6. The van der Waals surface area contributed by atoms with Crippen molar-refractivity contribution in [1.82, 2.24) is 4.57 Å². The fraction of sp³-hybridized carbons (Fsp3) is 0. The molecule has 0 spiro atoms. The summed E-state index contributed by atoms with van der Waals surface area (Å²) in [6.07, 6.45) is 0. The number of nitrogens with zero attached hydrogens (tertiary/aromatic N) is 1. The second kappa shape index (κ2) is 23.5. The predicted octanol–water partition coefficient (Wildman–Crippen LogP) is 28.3. The molecule has 3 heteroatoms. The molecule has 0 aliphatic rings. The van der Waals surface area contributed by atoms with Gasteiger partial charge in [0.1, 0.15) is 16.7 Å². The van der Waals surface area contributed by atoms with Crippen LogP contribution >= 0.6 is 0 Å². The molecule has 0 amide bonds. The molecule has 22 rings (SSSR count). The lowest BCUT2D eigenvalue weighted by Gasteiger charge is -2.20. The first-order valence-corrected chi connectivity index (χ1v) is 34.2. The van der Waals surface area contributed by atoms with Gasteiger partial charge < -0.3 is 13.4 Å². The lowest BCUT2D eigenvalue weighted by Crippen LogP contribution is -1.96. The molecule has 0 radical (unpaired) electrons. The number of fused-ring (bicyclic) bond motifs is 16. The van der Waals surface area contributed by atoms with E-state index >= 15 is 0 Å². The second-order valence-electron chi connectivity index (χ2n) is 25.9. The van der Waals surface area contributed by atoms with Gasteiger partial charge >= 0.3 is 0 Å². The van der Waals surface area contributed by atoms with Crippen LogP contribution in [0.4, 0.5) is 0 Å². The van der Waals surface area contributed by atoms with Gasteiger partial charge in [-0.25, -0.2) is 0 Å². The van der Waals surface area contributed by atoms with E-state index in [0.29, 0.717) is 66.5 Å². The van der Waals surface area contributed by atoms with Crippen LogP contribution in [0.2, 0.25) is 0 Å². The van der Waals surface area contributed by atoms with Crippen LogP contribution in [-0.2, 0) is 0 Å². The highest BCUT2D eigenvalue weighted by molar-refractivity contribution is 6.30. The minimum absolute atomic E-state index is 0.152. The fourth-order valence-electron chi connectivity index (χ4n) is 16.2. The van der Waals surface area contributed by atoms with Gasteiger partial charge in [-0.3, -0.25) is 0 Å². The molecule has 0 saturated carbocycles. The lowest BCUT2D eigenvalue weighted by molar-refractivity contribution is 0.666. The molecule has 0 aliphatic heterocycles.